The number of urea groups is 1. The van der Waals surface area contributed by atoms with Crippen LogP contribution in [0.3, 0.4) is 0 Å². The molecule has 8 nitrogen and oxygen atoms in total. The number of likely N-dealkylation sites (tertiary alicyclic amines) is 1. The number of anilines is 2. The number of carbonyl (C=O) groups is 2. The van der Waals surface area contributed by atoms with E-state index in [1.54, 1.807) is 11.0 Å². The van der Waals surface area contributed by atoms with Crippen LogP contribution in [0.4, 0.5) is 16.4 Å². The first-order valence-corrected chi connectivity index (χ1v) is 7.71. The number of nitrogens with one attached hydrogen (secondary N) is 1. The SMILES string of the molecule is CN(C)c1cc(NC(=O)N2C[C@@H]3CCC[C@@]3(C(=O)O)C2)ncn1. The van der Waals surface area contributed by atoms with Gasteiger partial charge in [-0.2, -0.15) is 0 Å². The molecular weight excluding hydrogens is 298 g/mol. The summed E-state index contributed by atoms with van der Waals surface area (Å²) >= 11 is 0. The van der Waals surface area contributed by atoms with Gasteiger partial charge in [-0.25, -0.2) is 14.8 Å². The zero-order chi connectivity index (χ0) is 16.6. The second-order valence-electron chi connectivity index (χ2n) is 6.52. The van der Waals surface area contributed by atoms with E-state index in [1.807, 2.05) is 19.0 Å². The topological polar surface area (TPSA) is 98.7 Å². The first kappa shape index (κ1) is 15.5. The van der Waals surface area contributed by atoms with Gasteiger partial charge in [0.1, 0.15) is 18.0 Å². The Kier molecular flexibility index (Phi) is 3.83. The van der Waals surface area contributed by atoms with Gasteiger partial charge < -0.3 is 14.9 Å². The summed E-state index contributed by atoms with van der Waals surface area (Å²) in [6, 6.07) is 1.38. The third-order valence-corrected chi connectivity index (χ3v) is 4.93. The van der Waals surface area contributed by atoms with Crippen LogP contribution in [0.15, 0.2) is 12.4 Å². The average Bonchev–Trinajstić information content (AvgIpc) is 3.05. The van der Waals surface area contributed by atoms with Crippen molar-refractivity contribution in [2.45, 2.75) is 19.3 Å². The summed E-state index contributed by atoms with van der Waals surface area (Å²) in [4.78, 5) is 35.7. The van der Waals surface area contributed by atoms with Gasteiger partial charge in [-0.15, -0.1) is 0 Å². The van der Waals surface area contributed by atoms with Crippen LogP contribution in [0.25, 0.3) is 0 Å². The number of fused-ring (bicyclic) bond motifs is 1. The summed E-state index contributed by atoms with van der Waals surface area (Å²) in [5.74, 6) is 0.367. The number of carbonyl (C=O) groups excluding carboxylic acids is 1. The fraction of sp³-hybridized carbons (Fsp3) is 0.600. The Morgan fingerprint density at radius 1 is 1.43 bits per heavy atom. The normalized spacial score (nSPS) is 26.0. The van der Waals surface area contributed by atoms with Crippen LogP contribution in [0.2, 0.25) is 0 Å². The predicted molar refractivity (Wildman–Crippen MR) is 84.4 cm³/mol. The minimum atomic E-state index is -0.785. The Balaban J connectivity index is 1.70. The summed E-state index contributed by atoms with van der Waals surface area (Å²) in [6.07, 6.45) is 3.83. The zero-order valence-corrected chi connectivity index (χ0v) is 13.3. The van der Waals surface area contributed by atoms with Gasteiger partial charge in [0.25, 0.3) is 0 Å². The molecule has 2 N–H and O–H groups in total. The molecular formula is C15H21N5O3. The number of carboxylic acids is 1. The van der Waals surface area contributed by atoms with Crippen molar-refractivity contribution in [1.82, 2.24) is 14.9 Å². The predicted octanol–water partition coefficient (Wildman–Crippen LogP) is 1.26. The van der Waals surface area contributed by atoms with E-state index in [-0.39, 0.29) is 18.5 Å². The first-order chi connectivity index (χ1) is 10.9. The molecule has 1 aromatic rings. The zero-order valence-electron chi connectivity index (χ0n) is 13.3. The van der Waals surface area contributed by atoms with Crippen molar-refractivity contribution in [1.29, 1.82) is 0 Å². The van der Waals surface area contributed by atoms with E-state index in [1.165, 1.54) is 6.33 Å². The highest BCUT2D eigenvalue weighted by Crippen LogP contribution is 2.48. The third kappa shape index (κ3) is 2.69. The number of amides is 2. The van der Waals surface area contributed by atoms with E-state index in [4.69, 9.17) is 0 Å². The van der Waals surface area contributed by atoms with Crippen molar-refractivity contribution < 1.29 is 14.7 Å². The number of aliphatic carboxylic acids is 1. The average molecular weight is 319 g/mol. The largest absolute Gasteiger partial charge is 0.481 e. The van der Waals surface area contributed by atoms with Crippen LogP contribution in [-0.4, -0.2) is 59.2 Å². The highest BCUT2D eigenvalue weighted by atomic mass is 16.4. The van der Waals surface area contributed by atoms with Crippen molar-refractivity contribution in [3.05, 3.63) is 12.4 Å². The molecule has 2 aliphatic rings. The molecule has 2 heterocycles. The van der Waals surface area contributed by atoms with Crippen LogP contribution in [-0.2, 0) is 4.79 Å². The number of nitrogens with zero attached hydrogens (tertiary/aromatic N) is 4. The number of rotatable bonds is 3. The highest BCUT2D eigenvalue weighted by Gasteiger charge is 2.55. The van der Waals surface area contributed by atoms with Crippen LogP contribution < -0.4 is 10.2 Å². The van der Waals surface area contributed by atoms with Crippen LogP contribution >= 0.6 is 0 Å². The molecule has 23 heavy (non-hydrogen) atoms. The van der Waals surface area contributed by atoms with E-state index in [0.717, 1.165) is 12.8 Å². The Morgan fingerprint density at radius 2 is 2.22 bits per heavy atom. The standard InChI is InChI=1S/C15H21N5O3/c1-19(2)12-6-11(16-9-17-12)18-14(23)20-7-10-4-3-5-15(10,8-20)13(21)22/h6,9-10H,3-5,7-8H2,1-2H3,(H,21,22)(H,16,17,18,23)/t10-,15+/m0/s1. The summed E-state index contributed by atoms with van der Waals surface area (Å²) in [7, 11) is 3.71. The molecule has 2 amide bonds. The molecule has 2 fully saturated rings. The summed E-state index contributed by atoms with van der Waals surface area (Å²) < 4.78 is 0. The van der Waals surface area contributed by atoms with Gasteiger partial charge in [-0.05, 0) is 18.8 Å². The maximum Gasteiger partial charge on any atom is 0.323 e. The van der Waals surface area contributed by atoms with Crippen LogP contribution in [0, 0.1) is 11.3 Å². The third-order valence-electron chi connectivity index (χ3n) is 4.93. The van der Waals surface area contributed by atoms with E-state index in [9.17, 15) is 14.7 Å². The lowest BCUT2D eigenvalue weighted by atomic mass is 9.81. The van der Waals surface area contributed by atoms with Gasteiger partial charge >= 0.3 is 12.0 Å². The van der Waals surface area contributed by atoms with E-state index in [0.29, 0.717) is 24.6 Å². The summed E-state index contributed by atoms with van der Waals surface area (Å²) in [6.45, 7) is 0.758. The number of carboxylic acid groups (broad SMARTS) is 1. The quantitative estimate of drug-likeness (QED) is 0.870. The lowest BCUT2D eigenvalue weighted by Gasteiger charge is -2.23. The molecule has 1 saturated carbocycles. The first-order valence-electron chi connectivity index (χ1n) is 7.71. The molecule has 0 aromatic carbocycles. The molecule has 1 saturated heterocycles. The number of hydrogen-bond donors (Lipinski definition) is 2. The Labute approximate surface area is 134 Å². The molecule has 0 radical (unpaired) electrons. The fourth-order valence-electron chi connectivity index (χ4n) is 3.64. The van der Waals surface area contributed by atoms with Crippen molar-refractivity contribution in [3.63, 3.8) is 0 Å². The van der Waals surface area contributed by atoms with Gasteiger partial charge in [-0.1, -0.05) is 6.42 Å². The lowest BCUT2D eigenvalue weighted by Crippen LogP contribution is -2.38. The summed E-state index contributed by atoms with van der Waals surface area (Å²) in [5.41, 5.74) is -0.766. The molecule has 1 aliphatic heterocycles. The van der Waals surface area contributed by atoms with Gasteiger partial charge in [0, 0.05) is 33.3 Å². The van der Waals surface area contributed by atoms with Gasteiger partial charge in [0.05, 0.1) is 5.41 Å². The van der Waals surface area contributed by atoms with E-state index >= 15 is 0 Å². The molecule has 0 bridgehead atoms. The van der Waals surface area contributed by atoms with Crippen molar-refractivity contribution in [3.8, 4) is 0 Å². The van der Waals surface area contributed by atoms with Crippen LogP contribution in [0.1, 0.15) is 19.3 Å². The molecule has 124 valence electrons. The Bertz CT molecular complexity index is 635. The minimum Gasteiger partial charge on any atom is -0.481 e. The molecule has 0 spiro atoms. The Hall–Kier alpha value is -2.38. The van der Waals surface area contributed by atoms with E-state index in [2.05, 4.69) is 15.3 Å². The van der Waals surface area contributed by atoms with Gasteiger partial charge in [0.2, 0.25) is 0 Å². The molecule has 0 unspecified atom stereocenters. The number of hydrogen-bond acceptors (Lipinski definition) is 5. The maximum atomic E-state index is 12.4. The monoisotopic (exact) mass is 319 g/mol. The fourth-order valence-corrected chi connectivity index (χ4v) is 3.64. The number of aromatic nitrogens is 2. The molecule has 2 atom stereocenters. The lowest BCUT2D eigenvalue weighted by molar-refractivity contribution is -0.149. The second-order valence-corrected chi connectivity index (χ2v) is 6.52. The van der Waals surface area contributed by atoms with Gasteiger partial charge in [0.15, 0.2) is 0 Å². The molecule has 3 rings (SSSR count). The molecule has 8 heteroatoms. The summed E-state index contributed by atoms with van der Waals surface area (Å²) in [5, 5.41) is 12.3. The molecule has 1 aliphatic carbocycles. The molecule has 1 aromatic heterocycles. The van der Waals surface area contributed by atoms with Crippen molar-refractivity contribution in [2.24, 2.45) is 11.3 Å². The second kappa shape index (κ2) is 5.68. The maximum absolute atomic E-state index is 12.4. The highest BCUT2D eigenvalue weighted by molar-refractivity contribution is 5.90. The van der Waals surface area contributed by atoms with Crippen LogP contribution in [0.5, 0.6) is 0 Å². The smallest absolute Gasteiger partial charge is 0.323 e. The van der Waals surface area contributed by atoms with E-state index < -0.39 is 11.4 Å². The van der Waals surface area contributed by atoms with Crippen molar-refractivity contribution >= 4 is 23.6 Å². The van der Waals surface area contributed by atoms with Gasteiger partial charge in [-0.3, -0.25) is 10.1 Å². The minimum absolute atomic E-state index is 0.0495. The Morgan fingerprint density at radius 3 is 2.87 bits per heavy atom. The van der Waals surface area contributed by atoms with Crippen molar-refractivity contribution in [2.75, 3.05) is 37.4 Å².